The van der Waals surface area contributed by atoms with Crippen molar-refractivity contribution in [2.75, 3.05) is 9.80 Å². The molecule has 2 nitrogen and oxygen atoms in total. The molecule has 0 atom stereocenters. The van der Waals surface area contributed by atoms with E-state index in [-0.39, 0.29) is 0 Å². The first-order valence-electron chi connectivity index (χ1n) is 25.7. The molecule has 0 saturated carbocycles. The molecule has 0 radical (unpaired) electrons. The van der Waals surface area contributed by atoms with E-state index < -0.39 is 0 Å². The fourth-order valence-electron chi connectivity index (χ4n) is 12.1. The molecule has 0 amide bonds. The summed E-state index contributed by atoms with van der Waals surface area (Å²) in [5, 5.41) is 14.7. The lowest BCUT2D eigenvalue weighted by atomic mass is 9.93. The maximum atomic E-state index is 2.50. The Kier molecular flexibility index (Phi) is 10.1. The summed E-state index contributed by atoms with van der Waals surface area (Å²) < 4.78 is 2.60. The standard InChI is InChI=1S/C72H46N2S/c1-3-20-47(21-4-1)48-38-40-50(41-39-48)73(68-36-19-34-64-57-29-11-10-27-55(57)60-31-15-17-35-67(60)74(71(64)68)49-22-5-2-6-23-49)51-42-43-59-63-44-45-65-61-32-16-18-37-69(61)75-72(65)70(63)62-33-14-13-28-56(62)53-25-8-7-24-52(53)54-26-9-12-30-58(54)66(59)46-51/h1-46H. The quantitative estimate of drug-likeness (QED) is 0.170. The van der Waals surface area contributed by atoms with Crippen LogP contribution in [0.4, 0.5) is 34.1 Å². The van der Waals surface area contributed by atoms with Crippen LogP contribution in [0.15, 0.2) is 279 Å². The minimum atomic E-state index is 1.05. The zero-order chi connectivity index (χ0) is 49.4. The minimum Gasteiger partial charge on any atom is -0.308 e. The van der Waals surface area contributed by atoms with Crippen LogP contribution >= 0.6 is 11.3 Å². The Labute approximate surface area is 439 Å². The van der Waals surface area contributed by atoms with Gasteiger partial charge in [-0.15, -0.1) is 11.3 Å². The molecule has 2 heterocycles. The fourth-order valence-corrected chi connectivity index (χ4v) is 13.4. The third-order valence-electron chi connectivity index (χ3n) is 15.4. The van der Waals surface area contributed by atoms with Crippen LogP contribution in [0.25, 0.3) is 107 Å². The molecule has 0 aliphatic carbocycles. The molecule has 3 heteroatoms. The predicted octanol–water partition coefficient (Wildman–Crippen LogP) is 21.2. The largest absolute Gasteiger partial charge is 0.308 e. The number of rotatable bonds is 5. The van der Waals surface area contributed by atoms with E-state index in [0.29, 0.717) is 0 Å². The van der Waals surface area contributed by atoms with Crippen LogP contribution in [-0.4, -0.2) is 0 Å². The SMILES string of the molecule is c1ccc(-c2ccc(N(c3ccc4c(c3)c3ccccc3c3ccccc3c3ccccc3c3c4ccc4c5ccccc5sc43)c3cccc4c3N(c3ccccc3)c3ccccc3-c3ccccc3-4)cc2)cc1. The molecule has 75 heavy (non-hydrogen) atoms. The molecule has 0 fully saturated rings. The molecule has 350 valence electrons. The van der Waals surface area contributed by atoms with E-state index in [1.807, 2.05) is 11.3 Å². The number of anilines is 6. The lowest BCUT2D eigenvalue weighted by molar-refractivity contribution is 1.23. The van der Waals surface area contributed by atoms with Crippen molar-refractivity contribution in [1.82, 2.24) is 0 Å². The van der Waals surface area contributed by atoms with Gasteiger partial charge in [-0.25, -0.2) is 0 Å². The van der Waals surface area contributed by atoms with Gasteiger partial charge in [0.25, 0.3) is 0 Å². The second kappa shape index (κ2) is 17.6. The van der Waals surface area contributed by atoms with Crippen LogP contribution in [0.1, 0.15) is 0 Å². The van der Waals surface area contributed by atoms with E-state index in [2.05, 4.69) is 289 Å². The van der Waals surface area contributed by atoms with E-state index in [9.17, 15) is 0 Å². The summed E-state index contributed by atoms with van der Waals surface area (Å²) in [5.74, 6) is 0. The average molecular weight is 971 g/mol. The van der Waals surface area contributed by atoms with Crippen molar-refractivity contribution in [3.63, 3.8) is 0 Å². The van der Waals surface area contributed by atoms with Gasteiger partial charge < -0.3 is 9.80 Å². The molecule has 0 N–H and O–H groups in total. The molecule has 15 rings (SSSR count). The van der Waals surface area contributed by atoms with Gasteiger partial charge in [-0.05, 0) is 125 Å². The second-order valence-electron chi connectivity index (χ2n) is 19.5. The Morgan fingerprint density at radius 3 is 1.47 bits per heavy atom. The van der Waals surface area contributed by atoms with Gasteiger partial charge in [-0.3, -0.25) is 0 Å². The molecule has 0 spiro atoms. The van der Waals surface area contributed by atoms with Gasteiger partial charge >= 0.3 is 0 Å². The highest BCUT2D eigenvalue weighted by Gasteiger charge is 2.31. The monoisotopic (exact) mass is 970 g/mol. The summed E-state index contributed by atoms with van der Waals surface area (Å²) in [6.45, 7) is 0. The van der Waals surface area contributed by atoms with Crippen LogP contribution in [0.5, 0.6) is 0 Å². The molecule has 1 aliphatic heterocycles. The number of fused-ring (bicyclic) bond motifs is 19. The molecule has 0 saturated heterocycles. The van der Waals surface area contributed by atoms with Gasteiger partial charge in [0, 0.05) is 53.7 Å². The summed E-state index contributed by atoms with van der Waals surface area (Å²) in [6.07, 6.45) is 0. The van der Waals surface area contributed by atoms with Crippen LogP contribution in [0.3, 0.4) is 0 Å². The van der Waals surface area contributed by atoms with Crippen molar-refractivity contribution < 1.29 is 0 Å². The maximum absolute atomic E-state index is 2.50. The normalized spacial score (nSPS) is 12.0. The van der Waals surface area contributed by atoms with Crippen LogP contribution in [0.2, 0.25) is 0 Å². The van der Waals surface area contributed by atoms with Crippen LogP contribution in [0, 0.1) is 0 Å². The lowest BCUT2D eigenvalue weighted by Gasteiger charge is -2.34. The summed E-state index contributed by atoms with van der Waals surface area (Å²) in [4.78, 5) is 4.99. The third kappa shape index (κ3) is 6.93. The van der Waals surface area contributed by atoms with Crippen molar-refractivity contribution in [3.8, 4) is 33.4 Å². The summed E-state index contributed by atoms with van der Waals surface area (Å²) in [6, 6.07) is 103. The number of benzene rings is 12. The molecule has 1 aromatic heterocycles. The molecule has 13 aromatic carbocycles. The average Bonchev–Trinajstić information content (AvgIpc) is 3.86. The molecule has 0 unspecified atom stereocenters. The minimum absolute atomic E-state index is 1.05. The van der Waals surface area contributed by atoms with Crippen molar-refractivity contribution in [3.05, 3.63) is 279 Å². The number of hydrogen-bond donors (Lipinski definition) is 0. The number of nitrogens with zero attached hydrogens (tertiary/aromatic N) is 2. The molecular formula is C72H46N2S. The highest BCUT2D eigenvalue weighted by atomic mass is 32.1. The Morgan fingerprint density at radius 2 is 0.760 bits per heavy atom. The van der Waals surface area contributed by atoms with Crippen molar-refractivity contribution >= 4 is 119 Å². The van der Waals surface area contributed by atoms with E-state index in [1.54, 1.807) is 0 Å². The maximum Gasteiger partial charge on any atom is 0.0781 e. The van der Waals surface area contributed by atoms with Gasteiger partial charge in [0.1, 0.15) is 0 Å². The summed E-state index contributed by atoms with van der Waals surface area (Å²) >= 11 is 1.90. The Hall–Kier alpha value is -9.54. The highest BCUT2D eigenvalue weighted by molar-refractivity contribution is 7.26. The Bertz CT molecular complexity index is 4650. The first-order valence-corrected chi connectivity index (χ1v) is 26.6. The summed E-state index contributed by atoms with van der Waals surface area (Å²) in [5.41, 5.74) is 13.6. The molecular weight excluding hydrogens is 925 g/mol. The topological polar surface area (TPSA) is 6.48 Å². The van der Waals surface area contributed by atoms with Gasteiger partial charge in [0.2, 0.25) is 0 Å². The van der Waals surface area contributed by atoms with Crippen LogP contribution < -0.4 is 9.80 Å². The third-order valence-corrected chi connectivity index (χ3v) is 16.6. The zero-order valence-electron chi connectivity index (χ0n) is 40.9. The van der Waals surface area contributed by atoms with Gasteiger partial charge in [-0.1, -0.05) is 224 Å². The molecule has 1 aliphatic rings. The van der Waals surface area contributed by atoms with Crippen molar-refractivity contribution in [2.24, 2.45) is 0 Å². The Morgan fingerprint density at radius 1 is 0.293 bits per heavy atom. The van der Waals surface area contributed by atoms with Crippen molar-refractivity contribution in [2.45, 2.75) is 0 Å². The fraction of sp³-hybridized carbons (Fsp3) is 0. The zero-order valence-corrected chi connectivity index (χ0v) is 41.7. The first kappa shape index (κ1) is 43.1. The highest BCUT2D eigenvalue weighted by Crippen LogP contribution is 2.56. The molecule has 0 bridgehead atoms. The molecule has 14 aromatic rings. The van der Waals surface area contributed by atoms with Gasteiger partial charge in [-0.2, -0.15) is 0 Å². The van der Waals surface area contributed by atoms with E-state index in [1.165, 1.54) is 102 Å². The number of thiophene rings is 1. The number of hydrogen-bond acceptors (Lipinski definition) is 3. The Balaban J connectivity index is 1.10. The first-order chi connectivity index (χ1) is 37.2. The second-order valence-corrected chi connectivity index (χ2v) is 20.5. The van der Waals surface area contributed by atoms with E-state index >= 15 is 0 Å². The van der Waals surface area contributed by atoms with E-state index in [0.717, 1.165) is 39.7 Å². The summed E-state index contributed by atoms with van der Waals surface area (Å²) in [7, 11) is 0. The van der Waals surface area contributed by atoms with Crippen LogP contribution in [-0.2, 0) is 0 Å². The van der Waals surface area contributed by atoms with Gasteiger partial charge in [0.15, 0.2) is 0 Å². The van der Waals surface area contributed by atoms with Crippen molar-refractivity contribution in [1.29, 1.82) is 0 Å². The number of para-hydroxylation sites is 3. The predicted molar refractivity (Wildman–Crippen MR) is 324 cm³/mol. The van der Waals surface area contributed by atoms with Gasteiger partial charge in [0.05, 0.1) is 17.1 Å². The smallest absolute Gasteiger partial charge is 0.0781 e. The van der Waals surface area contributed by atoms with E-state index in [4.69, 9.17) is 0 Å². The lowest BCUT2D eigenvalue weighted by Crippen LogP contribution is -2.17.